The minimum Gasteiger partial charge on any atom is -0.388 e. The number of H-pyrrole nitrogens is 1. The Hall–Kier alpha value is -2.48. The van der Waals surface area contributed by atoms with Crippen LogP contribution in [-0.4, -0.2) is 23.6 Å². The normalized spacial score (nSPS) is 17.9. The van der Waals surface area contributed by atoms with Gasteiger partial charge in [0.15, 0.2) is 0 Å². The first-order valence-corrected chi connectivity index (χ1v) is 8.29. The first kappa shape index (κ1) is 15.4. The zero-order valence-electron chi connectivity index (χ0n) is 13.7. The second kappa shape index (κ2) is 6.74. The van der Waals surface area contributed by atoms with Crippen LogP contribution in [-0.2, 0) is 0 Å². The predicted octanol–water partition coefficient (Wildman–Crippen LogP) is 4.08. The number of aromatic amines is 1. The molecule has 3 rings (SSSR count). The van der Waals surface area contributed by atoms with E-state index in [2.05, 4.69) is 34.7 Å². The van der Waals surface area contributed by atoms with E-state index in [1.165, 1.54) is 12.8 Å². The Bertz CT molecular complexity index is 725. The fourth-order valence-corrected chi connectivity index (χ4v) is 3.07. The van der Waals surface area contributed by atoms with Crippen molar-refractivity contribution >= 4 is 11.4 Å². The van der Waals surface area contributed by atoms with Crippen molar-refractivity contribution in [3.05, 3.63) is 29.7 Å². The van der Waals surface area contributed by atoms with Crippen LogP contribution in [0.25, 0.3) is 11.3 Å². The molecule has 23 heavy (non-hydrogen) atoms. The molecule has 5 heteroatoms. The van der Waals surface area contributed by atoms with Gasteiger partial charge in [0.2, 0.25) is 0 Å². The lowest BCUT2D eigenvalue weighted by Crippen LogP contribution is -2.05. The molecule has 0 aliphatic carbocycles. The molecule has 1 aliphatic heterocycles. The van der Waals surface area contributed by atoms with Gasteiger partial charge >= 0.3 is 0 Å². The molecular formula is C18H23N5. The summed E-state index contributed by atoms with van der Waals surface area (Å²) in [5.74, 6) is 1.27. The molecule has 0 unspecified atom stereocenters. The molecule has 1 aromatic carbocycles. The Labute approximate surface area is 137 Å². The van der Waals surface area contributed by atoms with E-state index in [1.807, 2.05) is 19.2 Å². The van der Waals surface area contributed by atoms with Crippen molar-refractivity contribution in [2.75, 3.05) is 24.2 Å². The third-order valence-corrected chi connectivity index (χ3v) is 4.49. The first-order valence-electron chi connectivity index (χ1n) is 8.29. The van der Waals surface area contributed by atoms with Gasteiger partial charge in [-0.2, -0.15) is 5.26 Å². The molecule has 3 N–H and O–H groups in total. The van der Waals surface area contributed by atoms with E-state index in [0.717, 1.165) is 47.8 Å². The molecule has 0 spiro atoms. The number of nitriles is 1. The van der Waals surface area contributed by atoms with Gasteiger partial charge in [0.05, 0.1) is 0 Å². The molecule has 0 amide bonds. The van der Waals surface area contributed by atoms with Crippen LogP contribution in [0.3, 0.4) is 0 Å². The van der Waals surface area contributed by atoms with Crippen molar-refractivity contribution in [2.24, 2.45) is 0 Å². The SMILES string of the molecule is CNc1ccc2c(c1)NCCCCC[C@H](C)c1nc-2c(C#N)[nH]1. The van der Waals surface area contributed by atoms with Gasteiger partial charge in [-0.1, -0.05) is 19.8 Å². The molecule has 1 aliphatic rings. The topological polar surface area (TPSA) is 76.5 Å². The first-order chi connectivity index (χ1) is 11.2. The van der Waals surface area contributed by atoms with E-state index in [0.29, 0.717) is 11.6 Å². The molecule has 2 heterocycles. The van der Waals surface area contributed by atoms with Gasteiger partial charge in [0, 0.05) is 36.4 Å². The maximum absolute atomic E-state index is 9.48. The van der Waals surface area contributed by atoms with Gasteiger partial charge in [0.1, 0.15) is 23.3 Å². The highest BCUT2D eigenvalue weighted by Gasteiger charge is 2.19. The van der Waals surface area contributed by atoms with Crippen molar-refractivity contribution in [1.82, 2.24) is 9.97 Å². The monoisotopic (exact) mass is 309 g/mol. The summed E-state index contributed by atoms with van der Waals surface area (Å²) in [7, 11) is 1.91. The molecular weight excluding hydrogens is 286 g/mol. The lowest BCUT2D eigenvalue weighted by molar-refractivity contribution is 0.574. The van der Waals surface area contributed by atoms with E-state index < -0.39 is 0 Å². The van der Waals surface area contributed by atoms with Crippen LogP contribution >= 0.6 is 0 Å². The number of nitrogens with one attached hydrogen (secondary N) is 3. The highest BCUT2D eigenvalue weighted by atomic mass is 15.0. The second-order valence-corrected chi connectivity index (χ2v) is 6.14. The maximum atomic E-state index is 9.48. The Morgan fingerprint density at radius 2 is 2.17 bits per heavy atom. The second-order valence-electron chi connectivity index (χ2n) is 6.14. The lowest BCUT2D eigenvalue weighted by atomic mass is 10.0. The smallest absolute Gasteiger partial charge is 0.145 e. The molecule has 2 aromatic rings. The molecule has 120 valence electrons. The summed E-state index contributed by atoms with van der Waals surface area (Å²) >= 11 is 0. The van der Waals surface area contributed by atoms with Gasteiger partial charge in [-0.05, 0) is 31.0 Å². The predicted molar refractivity (Wildman–Crippen MR) is 93.7 cm³/mol. The van der Waals surface area contributed by atoms with Gasteiger partial charge in [0.25, 0.3) is 0 Å². The largest absolute Gasteiger partial charge is 0.388 e. The zero-order valence-corrected chi connectivity index (χ0v) is 13.7. The van der Waals surface area contributed by atoms with Gasteiger partial charge in [-0.25, -0.2) is 4.98 Å². The number of imidazole rings is 1. The van der Waals surface area contributed by atoms with E-state index in [4.69, 9.17) is 4.98 Å². The Morgan fingerprint density at radius 3 is 2.96 bits per heavy atom. The number of rotatable bonds is 1. The molecule has 2 bridgehead atoms. The number of aromatic nitrogens is 2. The van der Waals surface area contributed by atoms with Crippen molar-refractivity contribution in [2.45, 2.75) is 38.5 Å². The van der Waals surface area contributed by atoms with Crippen LogP contribution in [0.5, 0.6) is 0 Å². The molecule has 1 atom stereocenters. The third-order valence-electron chi connectivity index (χ3n) is 4.49. The van der Waals surface area contributed by atoms with Gasteiger partial charge in [-0.3, -0.25) is 0 Å². The number of nitrogens with zero attached hydrogens (tertiary/aromatic N) is 2. The van der Waals surface area contributed by atoms with Gasteiger partial charge in [-0.15, -0.1) is 0 Å². The number of anilines is 2. The molecule has 0 saturated carbocycles. The summed E-state index contributed by atoms with van der Waals surface area (Å²) in [5, 5.41) is 16.2. The maximum Gasteiger partial charge on any atom is 0.145 e. The average Bonchev–Trinajstić information content (AvgIpc) is 3.01. The van der Waals surface area contributed by atoms with Crippen LogP contribution in [0.4, 0.5) is 11.4 Å². The summed E-state index contributed by atoms with van der Waals surface area (Å²) in [6.07, 6.45) is 4.64. The van der Waals surface area contributed by atoms with Crippen molar-refractivity contribution in [3.63, 3.8) is 0 Å². The van der Waals surface area contributed by atoms with Crippen LogP contribution < -0.4 is 10.6 Å². The minimum atomic E-state index is 0.350. The summed E-state index contributed by atoms with van der Waals surface area (Å²) < 4.78 is 0. The molecule has 1 aromatic heterocycles. The minimum absolute atomic E-state index is 0.350. The number of benzene rings is 1. The van der Waals surface area contributed by atoms with Crippen LogP contribution in [0.1, 0.15) is 50.0 Å². The zero-order chi connectivity index (χ0) is 16.2. The fraction of sp³-hybridized carbons (Fsp3) is 0.444. The highest BCUT2D eigenvalue weighted by molar-refractivity contribution is 5.81. The lowest BCUT2D eigenvalue weighted by Gasteiger charge is -2.14. The molecule has 5 nitrogen and oxygen atoms in total. The number of fused-ring (bicyclic) bond motifs is 4. The summed E-state index contributed by atoms with van der Waals surface area (Å²) in [5.41, 5.74) is 4.35. The van der Waals surface area contributed by atoms with E-state index in [1.54, 1.807) is 0 Å². The van der Waals surface area contributed by atoms with Crippen LogP contribution in [0.15, 0.2) is 18.2 Å². The summed E-state index contributed by atoms with van der Waals surface area (Å²) in [6.45, 7) is 3.12. The van der Waals surface area contributed by atoms with Crippen LogP contribution in [0.2, 0.25) is 0 Å². The fourth-order valence-electron chi connectivity index (χ4n) is 3.07. The Balaban J connectivity index is 2.12. The van der Waals surface area contributed by atoms with E-state index >= 15 is 0 Å². The van der Waals surface area contributed by atoms with Gasteiger partial charge < -0.3 is 15.6 Å². The Kier molecular flexibility index (Phi) is 4.52. The van der Waals surface area contributed by atoms with E-state index in [9.17, 15) is 5.26 Å². The van der Waals surface area contributed by atoms with Crippen molar-refractivity contribution < 1.29 is 0 Å². The van der Waals surface area contributed by atoms with Crippen molar-refractivity contribution in [3.8, 4) is 17.3 Å². The highest BCUT2D eigenvalue weighted by Crippen LogP contribution is 2.33. The average molecular weight is 309 g/mol. The quantitative estimate of drug-likeness (QED) is 0.742. The summed E-state index contributed by atoms with van der Waals surface area (Å²) in [6, 6.07) is 8.40. The summed E-state index contributed by atoms with van der Waals surface area (Å²) in [4.78, 5) is 7.98. The number of hydrogen-bond acceptors (Lipinski definition) is 4. The van der Waals surface area contributed by atoms with E-state index in [-0.39, 0.29) is 0 Å². The standard InChI is InChI=1S/C18H23N5/c1-12-6-4-3-5-9-21-15-10-13(20-2)7-8-14(15)17-16(11-19)22-18(12)23-17/h7-8,10,12,20-21H,3-6,9H2,1-2H3,(H,22,23)/t12-/m0/s1. The van der Waals surface area contributed by atoms with Crippen LogP contribution in [0, 0.1) is 11.3 Å². The molecule has 0 saturated heterocycles. The molecule has 0 fully saturated rings. The number of hydrogen-bond donors (Lipinski definition) is 3. The molecule has 0 radical (unpaired) electrons. The Morgan fingerprint density at radius 1 is 1.30 bits per heavy atom. The van der Waals surface area contributed by atoms with Crippen molar-refractivity contribution in [1.29, 1.82) is 5.26 Å². The third kappa shape index (κ3) is 3.16.